The smallest absolute Gasteiger partial charge is 0.139 e. The third kappa shape index (κ3) is 2.98. The standard InChI is InChI=1S/C11H15BrFN/c1-7(2)6-14-11-5-10(13)9(12)4-8(11)3/h4-5,7,14H,6H2,1-3H3. The van der Waals surface area contributed by atoms with Crippen molar-refractivity contribution in [3.63, 3.8) is 0 Å². The Balaban J connectivity index is 2.82. The number of hydrogen-bond acceptors (Lipinski definition) is 1. The van der Waals surface area contributed by atoms with Gasteiger partial charge in [-0.25, -0.2) is 4.39 Å². The van der Waals surface area contributed by atoms with Crippen LogP contribution in [0, 0.1) is 18.7 Å². The molecule has 1 aromatic carbocycles. The van der Waals surface area contributed by atoms with Gasteiger partial charge in [0.15, 0.2) is 0 Å². The maximum absolute atomic E-state index is 13.2. The molecule has 0 radical (unpaired) electrons. The zero-order valence-electron chi connectivity index (χ0n) is 8.70. The first kappa shape index (κ1) is 11.5. The zero-order chi connectivity index (χ0) is 10.7. The molecule has 1 rings (SSSR count). The molecule has 0 spiro atoms. The minimum absolute atomic E-state index is 0.221. The van der Waals surface area contributed by atoms with E-state index in [4.69, 9.17) is 0 Å². The summed E-state index contributed by atoms with van der Waals surface area (Å²) in [7, 11) is 0. The summed E-state index contributed by atoms with van der Waals surface area (Å²) in [4.78, 5) is 0. The van der Waals surface area contributed by atoms with E-state index < -0.39 is 0 Å². The Hall–Kier alpha value is -0.570. The number of benzene rings is 1. The molecule has 0 bridgehead atoms. The molecule has 1 N–H and O–H groups in total. The van der Waals surface area contributed by atoms with E-state index in [2.05, 4.69) is 35.1 Å². The highest BCUT2D eigenvalue weighted by Crippen LogP contribution is 2.23. The predicted molar refractivity (Wildman–Crippen MR) is 62.2 cm³/mol. The van der Waals surface area contributed by atoms with Crippen molar-refractivity contribution >= 4 is 21.6 Å². The summed E-state index contributed by atoms with van der Waals surface area (Å²) in [6.45, 7) is 7.07. The van der Waals surface area contributed by atoms with Crippen LogP contribution >= 0.6 is 15.9 Å². The Morgan fingerprint density at radius 1 is 1.43 bits per heavy atom. The molecule has 0 saturated heterocycles. The molecule has 14 heavy (non-hydrogen) atoms. The molecule has 0 aromatic heterocycles. The van der Waals surface area contributed by atoms with E-state index in [1.54, 1.807) is 6.07 Å². The highest BCUT2D eigenvalue weighted by atomic mass is 79.9. The van der Waals surface area contributed by atoms with Crippen LogP contribution < -0.4 is 5.32 Å². The fourth-order valence-corrected chi connectivity index (χ4v) is 1.61. The third-order valence-corrected chi connectivity index (χ3v) is 2.58. The van der Waals surface area contributed by atoms with Crippen LogP contribution in [-0.2, 0) is 0 Å². The average Bonchev–Trinajstić information content (AvgIpc) is 2.09. The molecular formula is C11H15BrFN. The first-order chi connectivity index (χ1) is 6.50. The first-order valence-electron chi connectivity index (χ1n) is 4.70. The lowest BCUT2D eigenvalue weighted by atomic mass is 10.1. The van der Waals surface area contributed by atoms with Gasteiger partial charge in [-0.3, -0.25) is 0 Å². The predicted octanol–water partition coefficient (Wildman–Crippen LogP) is 3.96. The lowest BCUT2D eigenvalue weighted by molar-refractivity contribution is 0.620. The first-order valence-corrected chi connectivity index (χ1v) is 5.49. The fourth-order valence-electron chi connectivity index (χ4n) is 1.15. The average molecular weight is 260 g/mol. The zero-order valence-corrected chi connectivity index (χ0v) is 10.3. The Morgan fingerprint density at radius 3 is 2.64 bits per heavy atom. The van der Waals surface area contributed by atoms with E-state index in [1.807, 2.05) is 6.92 Å². The van der Waals surface area contributed by atoms with Crippen molar-refractivity contribution in [3.05, 3.63) is 28.0 Å². The van der Waals surface area contributed by atoms with Crippen molar-refractivity contribution < 1.29 is 4.39 Å². The third-order valence-electron chi connectivity index (χ3n) is 1.97. The summed E-state index contributed by atoms with van der Waals surface area (Å²) in [5, 5.41) is 3.22. The molecule has 0 aliphatic carbocycles. The van der Waals surface area contributed by atoms with Gasteiger partial charge in [0.1, 0.15) is 5.82 Å². The minimum Gasteiger partial charge on any atom is -0.384 e. The number of aryl methyl sites for hydroxylation is 1. The molecule has 0 fully saturated rings. The molecular weight excluding hydrogens is 245 g/mol. The maximum Gasteiger partial charge on any atom is 0.139 e. The summed E-state index contributed by atoms with van der Waals surface area (Å²) in [5.41, 5.74) is 1.93. The summed E-state index contributed by atoms with van der Waals surface area (Å²) >= 11 is 3.16. The van der Waals surface area contributed by atoms with Crippen molar-refractivity contribution in [2.75, 3.05) is 11.9 Å². The summed E-state index contributed by atoms with van der Waals surface area (Å²) in [5.74, 6) is 0.336. The van der Waals surface area contributed by atoms with Gasteiger partial charge in [-0.2, -0.15) is 0 Å². The fraction of sp³-hybridized carbons (Fsp3) is 0.455. The Kier molecular flexibility index (Phi) is 3.93. The SMILES string of the molecule is Cc1cc(Br)c(F)cc1NCC(C)C. The van der Waals surface area contributed by atoms with Gasteiger partial charge >= 0.3 is 0 Å². The lowest BCUT2D eigenvalue weighted by Crippen LogP contribution is -2.09. The van der Waals surface area contributed by atoms with Crippen molar-refractivity contribution in [1.82, 2.24) is 0 Å². The summed E-state index contributed by atoms with van der Waals surface area (Å²) < 4.78 is 13.7. The highest BCUT2D eigenvalue weighted by molar-refractivity contribution is 9.10. The van der Waals surface area contributed by atoms with Gasteiger partial charge < -0.3 is 5.32 Å². The van der Waals surface area contributed by atoms with Crippen LogP contribution in [0.2, 0.25) is 0 Å². The van der Waals surface area contributed by atoms with Crippen molar-refractivity contribution in [3.8, 4) is 0 Å². The molecule has 1 nitrogen and oxygen atoms in total. The van der Waals surface area contributed by atoms with E-state index in [9.17, 15) is 4.39 Å². The van der Waals surface area contributed by atoms with E-state index >= 15 is 0 Å². The second kappa shape index (κ2) is 4.78. The van der Waals surface area contributed by atoms with Gasteiger partial charge in [0, 0.05) is 12.2 Å². The second-order valence-corrected chi connectivity index (χ2v) is 4.71. The van der Waals surface area contributed by atoms with Crippen LogP contribution in [0.25, 0.3) is 0 Å². The number of anilines is 1. The molecule has 78 valence electrons. The maximum atomic E-state index is 13.2. The highest BCUT2D eigenvalue weighted by Gasteiger charge is 2.05. The Morgan fingerprint density at radius 2 is 2.07 bits per heavy atom. The van der Waals surface area contributed by atoms with Crippen LogP contribution in [0.1, 0.15) is 19.4 Å². The number of hydrogen-bond donors (Lipinski definition) is 1. The monoisotopic (exact) mass is 259 g/mol. The van der Waals surface area contributed by atoms with E-state index in [0.717, 1.165) is 17.8 Å². The molecule has 0 aliphatic heterocycles. The van der Waals surface area contributed by atoms with Crippen LogP contribution in [0.15, 0.2) is 16.6 Å². The van der Waals surface area contributed by atoms with Crippen molar-refractivity contribution in [1.29, 1.82) is 0 Å². The molecule has 0 amide bonds. The lowest BCUT2D eigenvalue weighted by Gasteiger charge is -2.12. The summed E-state index contributed by atoms with van der Waals surface area (Å²) in [6.07, 6.45) is 0. The largest absolute Gasteiger partial charge is 0.384 e. The summed E-state index contributed by atoms with van der Waals surface area (Å²) in [6, 6.07) is 3.32. The second-order valence-electron chi connectivity index (χ2n) is 3.86. The van der Waals surface area contributed by atoms with E-state index in [0.29, 0.717) is 10.4 Å². The minimum atomic E-state index is -0.221. The normalized spacial score (nSPS) is 10.7. The van der Waals surface area contributed by atoms with Gasteiger partial charge in [0.05, 0.1) is 4.47 Å². The Bertz CT molecular complexity index is 323. The molecule has 0 unspecified atom stereocenters. The van der Waals surface area contributed by atoms with Gasteiger partial charge in [-0.15, -0.1) is 0 Å². The molecule has 3 heteroatoms. The van der Waals surface area contributed by atoms with Gasteiger partial charge in [0.2, 0.25) is 0 Å². The van der Waals surface area contributed by atoms with Crippen LogP contribution in [0.4, 0.5) is 10.1 Å². The number of halogens is 2. The quantitative estimate of drug-likeness (QED) is 0.867. The van der Waals surface area contributed by atoms with E-state index in [-0.39, 0.29) is 5.82 Å². The van der Waals surface area contributed by atoms with E-state index in [1.165, 1.54) is 6.07 Å². The molecule has 0 heterocycles. The molecule has 0 saturated carbocycles. The van der Waals surface area contributed by atoms with Gasteiger partial charge in [-0.1, -0.05) is 13.8 Å². The van der Waals surface area contributed by atoms with Crippen LogP contribution in [-0.4, -0.2) is 6.54 Å². The topological polar surface area (TPSA) is 12.0 Å². The van der Waals surface area contributed by atoms with Crippen LogP contribution in [0.5, 0.6) is 0 Å². The molecule has 0 atom stereocenters. The number of nitrogens with one attached hydrogen (secondary N) is 1. The van der Waals surface area contributed by atoms with Crippen molar-refractivity contribution in [2.24, 2.45) is 5.92 Å². The van der Waals surface area contributed by atoms with Gasteiger partial charge in [-0.05, 0) is 46.5 Å². The molecule has 0 aliphatic rings. The van der Waals surface area contributed by atoms with Crippen LogP contribution in [0.3, 0.4) is 0 Å². The Labute approximate surface area is 92.8 Å². The molecule has 1 aromatic rings. The van der Waals surface area contributed by atoms with Gasteiger partial charge in [0.25, 0.3) is 0 Å². The number of rotatable bonds is 3. The van der Waals surface area contributed by atoms with Crippen molar-refractivity contribution in [2.45, 2.75) is 20.8 Å².